The first-order valence-electron chi connectivity index (χ1n) is 5.82. The first-order chi connectivity index (χ1) is 9.21. The normalized spacial score (nSPS) is 24.7. The molecule has 3 unspecified atom stereocenters. The van der Waals surface area contributed by atoms with Crippen LogP contribution in [0.5, 0.6) is 0 Å². The molecule has 11 heteroatoms. The Morgan fingerprint density at radius 3 is 2.65 bits per heavy atom. The van der Waals surface area contributed by atoms with Crippen molar-refractivity contribution in [2.24, 2.45) is 5.73 Å². The summed E-state index contributed by atoms with van der Waals surface area (Å²) in [6.07, 6.45) is 1.61. The molecule has 1 aliphatic rings. The van der Waals surface area contributed by atoms with Crippen molar-refractivity contribution in [3.8, 4) is 0 Å². The number of nitrogens with zero attached hydrogens (tertiary/aromatic N) is 3. The molecule has 0 spiro atoms. The number of hydrogen-bond acceptors (Lipinski definition) is 8. The fraction of sp³-hybridized carbons (Fsp3) is 0.667. The monoisotopic (exact) mass is 320 g/mol. The first-order valence-corrected chi connectivity index (χ1v) is 8.29. The van der Waals surface area contributed by atoms with E-state index in [-0.39, 0.29) is 16.8 Å². The average molecular weight is 320 g/mol. The highest BCUT2D eigenvalue weighted by atomic mass is 32.2. The number of carbonyl (C=O) groups is 1. The molecule has 1 aromatic heterocycles. The van der Waals surface area contributed by atoms with Crippen LogP contribution in [-0.2, 0) is 9.84 Å². The molecule has 1 fully saturated rings. The van der Waals surface area contributed by atoms with Gasteiger partial charge in [-0.05, 0) is 6.42 Å². The van der Waals surface area contributed by atoms with E-state index in [4.69, 9.17) is 11.5 Å². The SMILES string of the molecule is CS(=O)(=O)C(C1CC(S)CN1)n1nnc(C(N)=O)c1N. The third-order valence-corrected chi connectivity index (χ3v) is 4.93. The Morgan fingerprint density at radius 2 is 2.25 bits per heavy atom. The highest BCUT2D eigenvalue weighted by Crippen LogP contribution is 2.28. The second-order valence-electron chi connectivity index (χ2n) is 4.76. The summed E-state index contributed by atoms with van der Waals surface area (Å²) in [7, 11) is -3.53. The smallest absolute Gasteiger partial charge is 0.273 e. The van der Waals surface area contributed by atoms with Crippen LogP contribution < -0.4 is 16.8 Å². The molecule has 1 saturated heterocycles. The number of carbonyl (C=O) groups excluding carboxylic acids is 1. The predicted octanol–water partition coefficient (Wildman–Crippen LogP) is -1.84. The minimum Gasteiger partial charge on any atom is -0.382 e. The van der Waals surface area contributed by atoms with E-state index in [9.17, 15) is 13.2 Å². The molecule has 0 saturated carbocycles. The van der Waals surface area contributed by atoms with Gasteiger partial charge in [-0.25, -0.2) is 13.1 Å². The Hall–Kier alpha value is -1.33. The van der Waals surface area contributed by atoms with Gasteiger partial charge in [0.2, 0.25) is 0 Å². The van der Waals surface area contributed by atoms with Crippen LogP contribution in [0.25, 0.3) is 0 Å². The van der Waals surface area contributed by atoms with Crippen LogP contribution in [-0.4, -0.2) is 53.4 Å². The zero-order valence-electron chi connectivity index (χ0n) is 10.7. The highest BCUT2D eigenvalue weighted by molar-refractivity contribution is 7.90. The minimum absolute atomic E-state index is 0.0459. The lowest BCUT2D eigenvalue weighted by Crippen LogP contribution is -2.38. The second kappa shape index (κ2) is 5.22. The predicted molar refractivity (Wildman–Crippen MR) is 76.0 cm³/mol. The Morgan fingerprint density at radius 1 is 1.60 bits per heavy atom. The molecule has 0 aromatic carbocycles. The fourth-order valence-corrected chi connectivity index (χ4v) is 3.93. The van der Waals surface area contributed by atoms with Gasteiger partial charge in [-0.2, -0.15) is 12.6 Å². The lowest BCUT2D eigenvalue weighted by molar-refractivity contribution is 0.0996. The van der Waals surface area contributed by atoms with Crippen LogP contribution in [0, 0.1) is 0 Å². The summed E-state index contributed by atoms with van der Waals surface area (Å²) in [6, 6.07) is -0.405. The molecule has 5 N–H and O–H groups in total. The highest BCUT2D eigenvalue weighted by Gasteiger charge is 2.39. The molecule has 1 amide bonds. The molecule has 9 nitrogen and oxygen atoms in total. The quantitative estimate of drug-likeness (QED) is 0.477. The molecular weight excluding hydrogens is 304 g/mol. The number of anilines is 1. The summed E-state index contributed by atoms with van der Waals surface area (Å²) in [5.41, 5.74) is 10.6. The topological polar surface area (TPSA) is 146 Å². The molecule has 2 rings (SSSR count). The molecule has 2 heterocycles. The molecule has 0 bridgehead atoms. The Kier molecular flexibility index (Phi) is 3.93. The number of hydrogen-bond donors (Lipinski definition) is 4. The van der Waals surface area contributed by atoms with E-state index in [1.165, 1.54) is 0 Å². The Balaban J connectivity index is 2.45. The summed E-state index contributed by atoms with van der Waals surface area (Å²) < 4.78 is 25.1. The van der Waals surface area contributed by atoms with E-state index in [1.54, 1.807) is 0 Å². The van der Waals surface area contributed by atoms with Crippen molar-refractivity contribution in [3.63, 3.8) is 0 Å². The molecule has 112 valence electrons. The van der Waals surface area contributed by atoms with Crippen LogP contribution in [0.15, 0.2) is 0 Å². The number of sulfone groups is 1. The molecular formula is C9H16N6O3S2. The zero-order valence-corrected chi connectivity index (χ0v) is 12.4. The third kappa shape index (κ3) is 2.74. The van der Waals surface area contributed by atoms with E-state index >= 15 is 0 Å². The van der Waals surface area contributed by atoms with Crippen molar-refractivity contribution in [3.05, 3.63) is 5.69 Å². The van der Waals surface area contributed by atoms with Crippen molar-refractivity contribution in [1.82, 2.24) is 20.3 Å². The van der Waals surface area contributed by atoms with E-state index in [0.717, 1.165) is 10.9 Å². The maximum absolute atomic E-state index is 12.0. The summed E-state index contributed by atoms with van der Waals surface area (Å²) in [5.74, 6) is -1.01. The number of primary amides is 1. The molecule has 20 heavy (non-hydrogen) atoms. The maximum Gasteiger partial charge on any atom is 0.273 e. The van der Waals surface area contributed by atoms with Gasteiger partial charge in [0.05, 0.1) is 0 Å². The van der Waals surface area contributed by atoms with E-state index in [2.05, 4.69) is 28.3 Å². The van der Waals surface area contributed by atoms with Gasteiger partial charge in [-0.3, -0.25) is 4.79 Å². The van der Waals surface area contributed by atoms with E-state index in [0.29, 0.717) is 13.0 Å². The fourth-order valence-electron chi connectivity index (χ4n) is 2.28. The van der Waals surface area contributed by atoms with Gasteiger partial charge < -0.3 is 16.8 Å². The van der Waals surface area contributed by atoms with Crippen molar-refractivity contribution in [2.45, 2.75) is 23.1 Å². The molecule has 0 radical (unpaired) electrons. The Bertz CT molecular complexity index is 628. The van der Waals surface area contributed by atoms with Crippen LogP contribution in [0.4, 0.5) is 5.82 Å². The largest absolute Gasteiger partial charge is 0.382 e. The number of amides is 1. The first kappa shape index (κ1) is 15.1. The van der Waals surface area contributed by atoms with Crippen LogP contribution in [0.1, 0.15) is 22.3 Å². The van der Waals surface area contributed by atoms with Crippen molar-refractivity contribution < 1.29 is 13.2 Å². The second-order valence-corrected chi connectivity index (χ2v) is 7.63. The number of rotatable bonds is 4. The number of thiol groups is 1. The zero-order chi connectivity index (χ0) is 15.1. The lowest BCUT2D eigenvalue weighted by Gasteiger charge is -2.22. The van der Waals surface area contributed by atoms with E-state index < -0.39 is 27.2 Å². The maximum atomic E-state index is 12.0. The van der Waals surface area contributed by atoms with Crippen molar-refractivity contribution in [1.29, 1.82) is 0 Å². The minimum atomic E-state index is -3.53. The van der Waals surface area contributed by atoms with Gasteiger partial charge in [0.15, 0.2) is 26.7 Å². The lowest BCUT2D eigenvalue weighted by atomic mass is 10.2. The molecule has 3 atom stereocenters. The molecule has 1 aliphatic heterocycles. The number of nitrogens with one attached hydrogen (secondary N) is 1. The van der Waals surface area contributed by atoms with E-state index in [1.807, 2.05) is 0 Å². The molecule has 1 aromatic rings. The molecule has 0 aliphatic carbocycles. The number of nitrogen functional groups attached to an aromatic ring is 1. The van der Waals surface area contributed by atoms with Crippen molar-refractivity contribution in [2.75, 3.05) is 18.5 Å². The van der Waals surface area contributed by atoms with Crippen LogP contribution in [0.3, 0.4) is 0 Å². The number of aromatic nitrogens is 3. The van der Waals surface area contributed by atoms with Gasteiger partial charge in [0.1, 0.15) is 0 Å². The van der Waals surface area contributed by atoms with Gasteiger partial charge in [-0.1, -0.05) is 5.21 Å². The Labute approximate surface area is 121 Å². The summed E-state index contributed by atoms with van der Waals surface area (Å²) in [5, 5.41) is 9.26. The summed E-state index contributed by atoms with van der Waals surface area (Å²) in [6.45, 7) is 0.580. The number of nitrogens with two attached hydrogens (primary N) is 2. The third-order valence-electron chi connectivity index (χ3n) is 3.13. The van der Waals surface area contributed by atoms with Gasteiger partial charge in [-0.15, -0.1) is 5.10 Å². The van der Waals surface area contributed by atoms with Crippen molar-refractivity contribution >= 4 is 34.2 Å². The van der Waals surface area contributed by atoms with Gasteiger partial charge in [0, 0.05) is 24.1 Å². The summed E-state index contributed by atoms with van der Waals surface area (Å²) in [4.78, 5) is 11.1. The summed E-state index contributed by atoms with van der Waals surface area (Å²) >= 11 is 4.31. The van der Waals surface area contributed by atoms with Gasteiger partial charge in [0.25, 0.3) is 5.91 Å². The average Bonchev–Trinajstić information content (AvgIpc) is 2.86. The van der Waals surface area contributed by atoms with Crippen LogP contribution >= 0.6 is 12.6 Å². The van der Waals surface area contributed by atoms with Gasteiger partial charge >= 0.3 is 0 Å². The van der Waals surface area contributed by atoms with Crippen LogP contribution in [0.2, 0.25) is 0 Å². The standard InChI is InChI=1S/C9H16N6O3S2/c1-20(17,18)9(5-2-4(19)3-12-5)15-7(10)6(8(11)16)13-14-15/h4-5,9,12,19H,2-3,10H2,1H3,(H2,11,16).